The molecule has 0 fully saturated rings. The molecule has 3 heterocycles. The predicted octanol–water partition coefficient (Wildman–Crippen LogP) is 3.14. The Morgan fingerprint density at radius 1 is 1.11 bits per heavy atom. The van der Waals surface area contributed by atoms with Gasteiger partial charge in [0.15, 0.2) is 0 Å². The van der Waals surface area contributed by atoms with Gasteiger partial charge in [-0.25, -0.2) is 13.9 Å². The first kappa shape index (κ1) is 27.1. The highest BCUT2D eigenvalue weighted by molar-refractivity contribution is 6.58. The predicted molar refractivity (Wildman–Crippen MR) is 132 cm³/mol. The molecule has 1 atom stereocenters. The third-order valence-corrected chi connectivity index (χ3v) is 5.55. The molecule has 3 aromatic heterocycles. The van der Waals surface area contributed by atoms with Gasteiger partial charge in [0.25, 0.3) is 0 Å². The Morgan fingerprint density at radius 2 is 1.87 bits per heavy atom. The number of carbonyl (C=O) groups is 1. The molecule has 1 aromatic carbocycles. The van der Waals surface area contributed by atoms with Crippen LogP contribution in [0.25, 0.3) is 11.1 Å². The van der Waals surface area contributed by atoms with Crippen molar-refractivity contribution < 1.29 is 32.8 Å². The van der Waals surface area contributed by atoms with Gasteiger partial charge in [-0.3, -0.25) is 9.67 Å². The van der Waals surface area contributed by atoms with Gasteiger partial charge in [0.1, 0.15) is 11.4 Å². The highest BCUT2D eigenvalue weighted by Gasteiger charge is 2.23. The number of benzene rings is 1. The van der Waals surface area contributed by atoms with Crippen LogP contribution in [0.5, 0.6) is 0 Å². The highest BCUT2D eigenvalue weighted by Crippen LogP contribution is 2.28. The lowest BCUT2D eigenvalue weighted by atomic mass is 9.81. The first-order valence-electron chi connectivity index (χ1n) is 11.6. The normalized spacial score (nSPS) is 12.6. The summed E-state index contributed by atoms with van der Waals surface area (Å²) in [6.07, 6.45) is 5.56. The van der Waals surface area contributed by atoms with Gasteiger partial charge in [0, 0.05) is 41.6 Å². The van der Waals surface area contributed by atoms with Gasteiger partial charge >= 0.3 is 19.6 Å². The molecule has 2 N–H and O–H groups in total. The van der Waals surface area contributed by atoms with Crippen molar-refractivity contribution in [3.63, 3.8) is 0 Å². The second-order valence-corrected chi connectivity index (χ2v) is 9.58. The van der Waals surface area contributed by atoms with Crippen LogP contribution in [0.1, 0.15) is 55.1 Å². The SMILES string of the molecule is CC(C)(C)OC(=O)c1ccc(-c2cnn(C(Cc3ccn(C(F)F)n3)c3ccc(B(O)O)cn3)c2)c(F)c1. The summed E-state index contributed by atoms with van der Waals surface area (Å²) in [6, 6.07) is 7.83. The Balaban J connectivity index is 1.65. The maximum atomic E-state index is 15.0. The number of alkyl halides is 2. The van der Waals surface area contributed by atoms with E-state index in [4.69, 9.17) is 4.74 Å². The van der Waals surface area contributed by atoms with Crippen molar-refractivity contribution in [2.45, 2.75) is 45.4 Å². The Kier molecular flexibility index (Phi) is 7.69. The molecule has 9 nitrogen and oxygen atoms in total. The summed E-state index contributed by atoms with van der Waals surface area (Å²) in [7, 11) is -1.71. The number of nitrogens with zero attached hydrogens (tertiary/aromatic N) is 5. The lowest BCUT2D eigenvalue weighted by molar-refractivity contribution is 0.00689. The standard InChI is InChI=1S/C25H25BF3N5O4/c1-25(2,3)38-23(35)15-4-6-19(20(27)10-15)16-12-31-34(14-16)22(11-18-8-9-33(32-18)24(28)29)21-7-5-17(13-30-21)26(36)37/h4-10,12-14,22,24,36-37H,11H2,1-3H3. The number of aromatic nitrogens is 5. The third-order valence-electron chi connectivity index (χ3n) is 5.55. The van der Waals surface area contributed by atoms with Gasteiger partial charge in [0.2, 0.25) is 0 Å². The fourth-order valence-corrected chi connectivity index (χ4v) is 3.75. The van der Waals surface area contributed by atoms with E-state index in [9.17, 15) is 23.6 Å². The van der Waals surface area contributed by atoms with Crippen LogP contribution < -0.4 is 5.46 Å². The summed E-state index contributed by atoms with van der Waals surface area (Å²) >= 11 is 0. The molecule has 1 unspecified atom stereocenters. The Morgan fingerprint density at radius 3 is 2.45 bits per heavy atom. The summed E-state index contributed by atoms with van der Waals surface area (Å²) in [5.41, 5.74) is 0.887. The van der Waals surface area contributed by atoms with E-state index in [-0.39, 0.29) is 23.0 Å². The zero-order valence-corrected chi connectivity index (χ0v) is 20.8. The molecule has 0 bridgehead atoms. The number of halogens is 3. The zero-order valence-electron chi connectivity index (χ0n) is 20.8. The van der Waals surface area contributed by atoms with Crippen molar-refractivity contribution in [3.8, 4) is 11.1 Å². The summed E-state index contributed by atoms with van der Waals surface area (Å²) in [5.74, 6) is -1.30. The van der Waals surface area contributed by atoms with E-state index in [1.165, 1.54) is 41.3 Å². The van der Waals surface area contributed by atoms with E-state index in [0.29, 0.717) is 21.6 Å². The first-order chi connectivity index (χ1) is 17.9. The molecule has 0 aliphatic carbocycles. The number of hydrogen-bond acceptors (Lipinski definition) is 7. The second-order valence-electron chi connectivity index (χ2n) is 9.58. The average Bonchev–Trinajstić information content (AvgIpc) is 3.51. The van der Waals surface area contributed by atoms with Crippen molar-refractivity contribution in [3.05, 3.63) is 84.0 Å². The molecule has 0 amide bonds. The molecule has 198 valence electrons. The van der Waals surface area contributed by atoms with Crippen LogP contribution in [-0.4, -0.2) is 53.3 Å². The zero-order chi connectivity index (χ0) is 27.6. The summed E-state index contributed by atoms with van der Waals surface area (Å²) in [5, 5.41) is 27.0. The van der Waals surface area contributed by atoms with Crippen LogP contribution in [-0.2, 0) is 11.2 Å². The third kappa shape index (κ3) is 6.29. The van der Waals surface area contributed by atoms with Crippen molar-refractivity contribution in [2.75, 3.05) is 0 Å². The average molecular weight is 527 g/mol. The monoisotopic (exact) mass is 527 g/mol. The smallest absolute Gasteiger partial charge is 0.456 e. The molecule has 4 aromatic rings. The van der Waals surface area contributed by atoms with Crippen LogP contribution in [0.4, 0.5) is 13.2 Å². The van der Waals surface area contributed by atoms with Crippen LogP contribution >= 0.6 is 0 Å². The number of rotatable bonds is 8. The maximum absolute atomic E-state index is 15.0. The molecule has 38 heavy (non-hydrogen) atoms. The van der Waals surface area contributed by atoms with Crippen molar-refractivity contribution in [2.24, 2.45) is 0 Å². The summed E-state index contributed by atoms with van der Waals surface area (Å²) in [6.45, 7) is 2.35. The lowest BCUT2D eigenvalue weighted by Crippen LogP contribution is -2.30. The molecule has 0 saturated heterocycles. The maximum Gasteiger partial charge on any atom is 0.490 e. The van der Waals surface area contributed by atoms with E-state index < -0.39 is 37.1 Å². The van der Waals surface area contributed by atoms with E-state index in [1.54, 1.807) is 33.0 Å². The topological polar surface area (TPSA) is 115 Å². The minimum Gasteiger partial charge on any atom is -0.456 e. The highest BCUT2D eigenvalue weighted by atomic mass is 19.3. The molecular weight excluding hydrogens is 502 g/mol. The van der Waals surface area contributed by atoms with Gasteiger partial charge in [-0.2, -0.15) is 19.0 Å². The van der Waals surface area contributed by atoms with E-state index in [1.807, 2.05) is 0 Å². The van der Waals surface area contributed by atoms with Gasteiger partial charge in [-0.15, -0.1) is 0 Å². The first-order valence-corrected chi connectivity index (χ1v) is 11.6. The number of carbonyl (C=O) groups excluding carboxylic acids is 1. The van der Waals surface area contributed by atoms with Crippen molar-refractivity contribution in [1.82, 2.24) is 24.5 Å². The molecule has 0 aliphatic heterocycles. The van der Waals surface area contributed by atoms with Gasteiger partial charge < -0.3 is 14.8 Å². The van der Waals surface area contributed by atoms with Crippen molar-refractivity contribution in [1.29, 1.82) is 0 Å². The Hall–Kier alpha value is -3.97. The van der Waals surface area contributed by atoms with Crippen LogP contribution in [0, 0.1) is 5.82 Å². The van der Waals surface area contributed by atoms with Gasteiger partial charge in [0.05, 0.1) is 29.2 Å². The molecule has 0 aliphatic rings. The van der Waals surface area contributed by atoms with Gasteiger partial charge in [-0.1, -0.05) is 12.1 Å². The van der Waals surface area contributed by atoms with Crippen LogP contribution in [0.3, 0.4) is 0 Å². The molecule has 0 spiro atoms. The minimum absolute atomic E-state index is 0.0661. The van der Waals surface area contributed by atoms with Gasteiger partial charge in [-0.05, 0) is 45.0 Å². The fourth-order valence-electron chi connectivity index (χ4n) is 3.75. The minimum atomic E-state index is -2.80. The molecule has 13 heteroatoms. The number of esters is 1. The van der Waals surface area contributed by atoms with Crippen LogP contribution in [0.2, 0.25) is 0 Å². The van der Waals surface area contributed by atoms with Crippen LogP contribution in [0.15, 0.2) is 61.2 Å². The second kappa shape index (κ2) is 10.8. The Bertz CT molecular complexity index is 1420. The molecule has 0 saturated carbocycles. The van der Waals surface area contributed by atoms with Crippen molar-refractivity contribution >= 4 is 18.6 Å². The molecule has 0 radical (unpaired) electrons. The molecular formula is C25H25BF3N5O4. The van der Waals surface area contributed by atoms with E-state index >= 15 is 4.39 Å². The fraction of sp³-hybridized carbons (Fsp3) is 0.280. The number of hydrogen-bond donors (Lipinski definition) is 2. The molecule has 4 rings (SSSR count). The quantitative estimate of drug-likeness (QED) is 0.267. The number of pyridine rings is 1. The van der Waals surface area contributed by atoms with E-state index in [0.717, 1.165) is 12.3 Å². The largest absolute Gasteiger partial charge is 0.490 e. The Labute approximate surface area is 216 Å². The summed E-state index contributed by atoms with van der Waals surface area (Å²) < 4.78 is 48.4. The number of ether oxygens (including phenoxy) is 1. The van der Waals surface area contributed by atoms with E-state index in [2.05, 4.69) is 15.2 Å². The summed E-state index contributed by atoms with van der Waals surface area (Å²) in [4.78, 5) is 16.6. The lowest BCUT2D eigenvalue weighted by Gasteiger charge is -2.19.